The van der Waals surface area contributed by atoms with Gasteiger partial charge in [0.1, 0.15) is 5.82 Å². The summed E-state index contributed by atoms with van der Waals surface area (Å²) in [6.45, 7) is 1.65. The van der Waals surface area contributed by atoms with Gasteiger partial charge in [-0.25, -0.2) is 4.39 Å². The topological polar surface area (TPSA) is 23.6 Å². The van der Waals surface area contributed by atoms with Gasteiger partial charge >= 0.3 is 0 Å². The molecular formula is C21H23FN2O. The second-order valence-corrected chi connectivity index (χ2v) is 6.79. The number of fused-ring (bicyclic) bond motifs is 1. The number of benzene rings is 2. The van der Waals surface area contributed by atoms with Gasteiger partial charge in [0, 0.05) is 24.9 Å². The van der Waals surface area contributed by atoms with Crippen LogP contribution in [0.2, 0.25) is 0 Å². The first-order valence-electron chi connectivity index (χ1n) is 8.50. The predicted molar refractivity (Wildman–Crippen MR) is 100.0 cm³/mol. The molecule has 1 aliphatic rings. The van der Waals surface area contributed by atoms with Gasteiger partial charge in [-0.05, 0) is 61.8 Å². The number of carbonyl (C=O) groups excluding carboxylic acids is 1. The van der Waals surface area contributed by atoms with E-state index in [1.54, 1.807) is 24.3 Å². The van der Waals surface area contributed by atoms with Gasteiger partial charge in [0.2, 0.25) is 0 Å². The number of rotatable bonds is 4. The summed E-state index contributed by atoms with van der Waals surface area (Å²) in [5, 5.41) is 0. The van der Waals surface area contributed by atoms with Gasteiger partial charge < -0.3 is 9.80 Å². The molecule has 1 unspecified atom stereocenters. The number of hydrogen-bond acceptors (Lipinski definition) is 2. The molecule has 25 heavy (non-hydrogen) atoms. The Morgan fingerprint density at radius 2 is 1.92 bits per heavy atom. The van der Waals surface area contributed by atoms with Gasteiger partial charge in [0.25, 0.3) is 5.91 Å². The molecule has 0 saturated carbocycles. The summed E-state index contributed by atoms with van der Waals surface area (Å²) < 4.78 is 13.0. The van der Waals surface area contributed by atoms with Crippen molar-refractivity contribution in [1.29, 1.82) is 0 Å². The van der Waals surface area contributed by atoms with Crippen LogP contribution in [-0.4, -0.2) is 38.0 Å². The molecule has 0 fully saturated rings. The minimum absolute atomic E-state index is 0.0415. The third kappa shape index (κ3) is 4.34. The van der Waals surface area contributed by atoms with Crippen LogP contribution in [0.4, 0.5) is 10.1 Å². The van der Waals surface area contributed by atoms with E-state index < -0.39 is 0 Å². The van der Waals surface area contributed by atoms with E-state index >= 15 is 0 Å². The van der Waals surface area contributed by atoms with Crippen LogP contribution in [-0.2, 0) is 11.2 Å². The summed E-state index contributed by atoms with van der Waals surface area (Å²) in [5.74, 6) is 0.0910. The molecule has 4 heteroatoms. The first-order chi connectivity index (χ1) is 12.0. The van der Waals surface area contributed by atoms with E-state index in [1.807, 2.05) is 23.1 Å². The van der Waals surface area contributed by atoms with Gasteiger partial charge in [0.15, 0.2) is 0 Å². The molecule has 3 rings (SSSR count). The zero-order valence-corrected chi connectivity index (χ0v) is 14.7. The first-order valence-corrected chi connectivity index (χ1v) is 8.50. The SMILES string of the molecule is CN(C)CC1Cc2ccccc2N(C(=O)/C=C/c2ccc(F)cc2)C1. The highest BCUT2D eigenvalue weighted by Crippen LogP contribution is 2.30. The fraction of sp³-hybridized carbons (Fsp3) is 0.286. The molecule has 1 atom stereocenters. The van der Waals surface area contributed by atoms with Crippen LogP contribution in [0.1, 0.15) is 11.1 Å². The summed E-state index contributed by atoms with van der Waals surface area (Å²) in [6, 6.07) is 14.2. The Labute approximate surface area is 148 Å². The number of nitrogens with zero attached hydrogens (tertiary/aromatic N) is 2. The number of hydrogen-bond donors (Lipinski definition) is 0. The lowest BCUT2D eigenvalue weighted by Gasteiger charge is -2.35. The molecule has 1 heterocycles. The zero-order valence-electron chi connectivity index (χ0n) is 14.7. The molecule has 0 radical (unpaired) electrons. The Bertz CT molecular complexity index is 768. The first kappa shape index (κ1) is 17.4. The fourth-order valence-corrected chi connectivity index (χ4v) is 3.36. The van der Waals surface area contributed by atoms with Crippen molar-refractivity contribution in [3.8, 4) is 0 Å². The van der Waals surface area contributed by atoms with Gasteiger partial charge in [-0.3, -0.25) is 4.79 Å². The largest absolute Gasteiger partial charge is 0.309 e. The molecular weight excluding hydrogens is 315 g/mol. The highest BCUT2D eigenvalue weighted by atomic mass is 19.1. The van der Waals surface area contributed by atoms with Gasteiger partial charge in [-0.15, -0.1) is 0 Å². The van der Waals surface area contributed by atoms with E-state index in [0.717, 1.165) is 24.2 Å². The number of halogens is 1. The molecule has 0 aliphatic carbocycles. The van der Waals surface area contributed by atoms with Crippen molar-refractivity contribution >= 4 is 17.7 Å². The third-order valence-electron chi connectivity index (χ3n) is 4.41. The minimum Gasteiger partial charge on any atom is -0.309 e. The van der Waals surface area contributed by atoms with Crippen molar-refractivity contribution in [2.24, 2.45) is 5.92 Å². The number of anilines is 1. The van der Waals surface area contributed by atoms with Crippen LogP contribution in [0.3, 0.4) is 0 Å². The Hall–Kier alpha value is -2.46. The smallest absolute Gasteiger partial charge is 0.251 e. The molecule has 130 valence electrons. The molecule has 0 N–H and O–H groups in total. The average molecular weight is 338 g/mol. The van der Waals surface area contributed by atoms with E-state index in [4.69, 9.17) is 0 Å². The maximum absolute atomic E-state index is 13.0. The maximum atomic E-state index is 13.0. The Kier molecular flexibility index (Phi) is 5.29. The van der Waals surface area contributed by atoms with E-state index in [-0.39, 0.29) is 11.7 Å². The third-order valence-corrected chi connectivity index (χ3v) is 4.41. The van der Waals surface area contributed by atoms with E-state index in [9.17, 15) is 9.18 Å². The van der Waals surface area contributed by atoms with Crippen molar-refractivity contribution in [2.75, 3.05) is 32.1 Å². The van der Waals surface area contributed by atoms with Crippen molar-refractivity contribution < 1.29 is 9.18 Å². The highest BCUT2D eigenvalue weighted by molar-refractivity contribution is 6.04. The van der Waals surface area contributed by atoms with E-state index in [0.29, 0.717) is 12.5 Å². The van der Waals surface area contributed by atoms with Crippen molar-refractivity contribution in [1.82, 2.24) is 4.90 Å². The van der Waals surface area contributed by atoms with Gasteiger partial charge in [0.05, 0.1) is 0 Å². The number of amides is 1. The fourth-order valence-electron chi connectivity index (χ4n) is 3.36. The average Bonchev–Trinajstić information content (AvgIpc) is 2.59. The maximum Gasteiger partial charge on any atom is 0.251 e. The Morgan fingerprint density at radius 1 is 1.20 bits per heavy atom. The highest BCUT2D eigenvalue weighted by Gasteiger charge is 2.27. The normalized spacial score (nSPS) is 17.1. The van der Waals surface area contributed by atoms with Crippen LogP contribution in [0, 0.1) is 11.7 Å². The van der Waals surface area contributed by atoms with Crippen LogP contribution in [0.15, 0.2) is 54.6 Å². The summed E-state index contributed by atoms with van der Waals surface area (Å²) in [6.07, 6.45) is 4.29. The lowest BCUT2D eigenvalue weighted by atomic mass is 9.92. The molecule has 2 aromatic carbocycles. The monoisotopic (exact) mass is 338 g/mol. The minimum atomic E-state index is -0.278. The summed E-state index contributed by atoms with van der Waals surface area (Å²) in [7, 11) is 4.11. The van der Waals surface area contributed by atoms with Crippen molar-refractivity contribution in [3.05, 3.63) is 71.6 Å². The van der Waals surface area contributed by atoms with Crippen molar-refractivity contribution in [3.63, 3.8) is 0 Å². The van der Waals surface area contributed by atoms with Crippen LogP contribution < -0.4 is 4.90 Å². The zero-order chi connectivity index (χ0) is 17.8. The Balaban J connectivity index is 1.81. The second-order valence-electron chi connectivity index (χ2n) is 6.79. The molecule has 0 saturated heterocycles. The van der Waals surface area contributed by atoms with Gasteiger partial charge in [-0.1, -0.05) is 30.3 Å². The summed E-state index contributed by atoms with van der Waals surface area (Å²) in [4.78, 5) is 16.8. The van der Waals surface area contributed by atoms with Crippen LogP contribution in [0.5, 0.6) is 0 Å². The lowest BCUT2D eigenvalue weighted by molar-refractivity contribution is -0.114. The molecule has 0 spiro atoms. The lowest BCUT2D eigenvalue weighted by Crippen LogP contribution is -2.42. The molecule has 1 amide bonds. The molecule has 3 nitrogen and oxygen atoms in total. The predicted octanol–water partition coefficient (Wildman–Crippen LogP) is 3.61. The van der Waals surface area contributed by atoms with Crippen molar-refractivity contribution in [2.45, 2.75) is 6.42 Å². The summed E-state index contributed by atoms with van der Waals surface area (Å²) in [5.41, 5.74) is 3.01. The number of carbonyl (C=O) groups is 1. The van der Waals surface area contributed by atoms with E-state index in [2.05, 4.69) is 25.1 Å². The number of para-hydroxylation sites is 1. The molecule has 0 aromatic heterocycles. The summed E-state index contributed by atoms with van der Waals surface area (Å²) >= 11 is 0. The second kappa shape index (κ2) is 7.62. The van der Waals surface area contributed by atoms with Crippen LogP contribution in [0.25, 0.3) is 6.08 Å². The molecule has 1 aliphatic heterocycles. The van der Waals surface area contributed by atoms with E-state index in [1.165, 1.54) is 17.7 Å². The van der Waals surface area contributed by atoms with Gasteiger partial charge in [-0.2, -0.15) is 0 Å². The Morgan fingerprint density at radius 3 is 2.64 bits per heavy atom. The van der Waals surface area contributed by atoms with Crippen LogP contribution >= 0.6 is 0 Å². The molecule has 2 aromatic rings. The quantitative estimate of drug-likeness (QED) is 0.795. The molecule has 0 bridgehead atoms. The standard InChI is InChI=1S/C21H23FN2O/c1-23(2)14-17-13-18-5-3-4-6-20(18)24(15-17)21(25)12-9-16-7-10-19(22)11-8-16/h3-12,17H,13-15H2,1-2H3/b12-9+.